The predicted molar refractivity (Wildman–Crippen MR) is 89.0 cm³/mol. The average molecular weight is 317 g/mol. The summed E-state index contributed by atoms with van der Waals surface area (Å²) in [6, 6.07) is 9.03. The lowest BCUT2D eigenvalue weighted by Crippen LogP contribution is -2.13. The number of ether oxygens (including phenoxy) is 1. The van der Waals surface area contributed by atoms with Crippen molar-refractivity contribution < 1.29 is 14.3 Å². The van der Waals surface area contributed by atoms with Crippen LogP contribution in [0.1, 0.15) is 33.0 Å². The minimum Gasteiger partial charge on any atom is -0.497 e. The van der Waals surface area contributed by atoms with Crippen LogP contribution in [0.4, 0.5) is 5.69 Å². The summed E-state index contributed by atoms with van der Waals surface area (Å²) in [7, 11) is 1.57. The molecule has 0 fully saturated rings. The van der Waals surface area contributed by atoms with Gasteiger partial charge in [0.1, 0.15) is 5.75 Å². The van der Waals surface area contributed by atoms with E-state index in [1.807, 2.05) is 19.9 Å². The molecular weight excluding hydrogens is 298 g/mol. The lowest BCUT2D eigenvalue weighted by Gasteiger charge is -2.06. The summed E-state index contributed by atoms with van der Waals surface area (Å²) in [4.78, 5) is 26.2. The molecule has 0 aliphatic rings. The van der Waals surface area contributed by atoms with E-state index in [0.717, 1.165) is 15.3 Å². The fourth-order valence-electron chi connectivity index (χ4n) is 2.19. The summed E-state index contributed by atoms with van der Waals surface area (Å²) in [5, 5.41) is 2.77. The molecule has 2 rings (SSSR count). The Kier molecular flexibility index (Phi) is 5.33. The number of aryl methyl sites for hydroxylation is 2. The van der Waals surface area contributed by atoms with Gasteiger partial charge < -0.3 is 10.1 Å². The van der Waals surface area contributed by atoms with Crippen LogP contribution < -0.4 is 10.1 Å². The highest BCUT2D eigenvalue weighted by Crippen LogP contribution is 2.22. The predicted octanol–water partition coefficient (Wildman–Crippen LogP) is 3.98. The molecule has 1 amide bonds. The third kappa shape index (κ3) is 4.18. The van der Waals surface area contributed by atoms with Gasteiger partial charge in [0.15, 0.2) is 5.78 Å². The van der Waals surface area contributed by atoms with Gasteiger partial charge in [0.05, 0.1) is 7.11 Å². The molecule has 0 atom stereocenters. The number of hydrogen-bond donors (Lipinski definition) is 1. The van der Waals surface area contributed by atoms with Crippen molar-refractivity contribution in [1.29, 1.82) is 0 Å². The lowest BCUT2D eigenvalue weighted by atomic mass is 10.1. The largest absolute Gasteiger partial charge is 0.497 e. The van der Waals surface area contributed by atoms with Gasteiger partial charge in [-0.2, -0.15) is 0 Å². The molecule has 0 spiro atoms. The van der Waals surface area contributed by atoms with Crippen LogP contribution in [-0.4, -0.2) is 18.8 Å². The summed E-state index contributed by atoms with van der Waals surface area (Å²) in [6.45, 7) is 3.91. The number of rotatable bonds is 6. The van der Waals surface area contributed by atoms with Gasteiger partial charge in [-0.15, -0.1) is 11.3 Å². The van der Waals surface area contributed by atoms with Gasteiger partial charge in [-0.3, -0.25) is 9.59 Å². The highest BCUT2D eigenvalue weighted by Gasteiger charge is 2.14. The van der Waals surface area contributed by atoms with Crippen molar-refractivity contribution in [3.8, 4) is 5.75 Å². The Hall–Kier alpha value is -2.14. The summed E-state index contributed by atoms with van der Waals surface area (Å²) < 4.78 is 5.10. The van der Waals surface area contributed by atoms with Gasteiger partial charge in [-0.05, 0) is 32.0 Å². The Balaban J connectivity index is 1.90. The molecule has 2 aromatic rings. The molecule has 0 radical (unpaired) electrons. The van der Waals surface area contributed by atoms with Gasteiger partial charge in [0, 0.05) is 39.9 Å². The molecule has 0 aliphatic heterocycles. The first-order chi connectivity index (χ1) is 10.5. The highest BCUT2D eigenvalue weighted by molar-refractivity contribution is 7.12. The van der Waals surface area contributed by atoms with E-state index < -0.39 is 0 Å². The van der Waals surface area contributed by atoms with E-state index in [9.17, 15) is 9.59 Å². The number of hydrogen-bond acceptors (Lipinski definition) is 4. The maximum absolute atomic E-state index is 12.1. The van der Waals surface area contributed by atoms with E-state index in [0.29, 0.717) is 11.4 Å². The zero-order chi connectivity index (χ0) is 16.1. The maximum Gasteiger partial charge on any atom is 0.224 e. The third-order valence-electron chi connectivity index (χ3n) is 3.27. The zero-order valence-corrected chi connectivity index (χ0v) is 13.8. The van der Waals surface area contributed by atoms with Crippen molar-refractivity contribution in [2.75, 3.05) is 12.4 Å². The fraction of sp³-hybridized carbons (Fsp3) is 0.294. The standard InChI is InChI=1S/C17H19NO3S/c1-11-9-15(12(2)22-11)16(19)7-8-17(20)18-13-5-4-6-14(10-13)21-3/h4-6,9-10H,7-8H2,1-3H3,(H,18,20). The van der Waals surface area contributed by atoms with Crippen LogP contribution in [0.5, 0.6) is 5.75 Å². The first kappa shape index (κ1) is 16.2. The lowest BCUT2D eigenvalue weighted by molar-refractivity contribution is -0.116. The average Bonchev–Trinajstić information content (AvgIpc) is 2.83. The van der Waals surface area contributed by atoms with E-state index in [1.54, 1.807) is 42.7 Å². The van der Waals surface area contributed by atoms with Crippen LogP contribution in [0.15, 0.2) is 30.3 Å². The third-order valence-corrected chi connectivity index (χ3v) is 4.24. The normalized spacial score (nSPS) is 10.3. The van der Waals surface area contributed by atoms with Crippen molar-refractivity contribution >= 4 is 28.7 Å². The first-order valence-electron chi connectivity index (χ1n) is 7.03. The van der Waals surface area contributed by atoms with E-state index >= 15 is 0 Å². The number of nitrogens with one attached hydrogen (secondary N) is 1. The monoisotopic (exact) mass is 317 g/mol. The summed E-state index contributed by atoms with van der Waals surface area (Å²) in [5.74, 6) is 0.520. The number of methoxy groups -OCH3 is 1. The molecule has 1 aromatic heterocycles. The molecule has 0 aliphatic carbocycles. The minimum atomic E-state index is -0.175. The van der Waals surface area contributed by atoms with Crippen LogP contribution in [0.3, 0.4) is 0 Å². The van der Waals surface area contributed by atoms with Crippen LogP contribution in [-0.2, 0) is 4.79 Å². The fourth-order valence-corrected chi connectivity index (χ4v) is 3.14. The molecule has 5 heteroatoms. The number of ketones is 1. The first-order valence-corrected chi connectivity index (χ1v) is 7.85. The smallest absolute Gasteiger partial charge is 0.224 e. The molecule has 1 N–H and O–H groups in total. The summed E-state index contributed by atoms with van der Waals surface area (Å²) >= 11 is 1.60. The Labute approximate surface area is 134 Å². The molecule has 116 valence electrons. The number of anilines is 1. The molecule has 0 unspecified atom stereocenters. The van der Waals surface area contributed by atoms with Crippen molar-refractivity contribution in [3.05, 3.63) is 45.6 Å². The van der Waals surface area contributed by atoms with Crippen LogP contribution in [0, 0.1) is 13.8 Å². The second-order valence-electron chi connectivity index (χ2n) is 5.03. The van der Waals surface area contributed by atoms with Crippen molar-refractivity contribution in [3.63, 3.8) is 0 Å². The SMILES string of the molecule is COc1cccc(NC(=O)CCC(=O)c2cc(C)sc2C)c1. The van der Waals surface area contributed by atoms with E-state index in [2.05, 4.69) is 5.32 Å². The second kappa shape index (κ2) is 7.22. The van der Waals surface area contributed by atoms with Crippen LogP contribution >= 0.6 is 11.3 Å². The highest BCUT2D eigenvalue weighted by atomic mass is 32.1. The molecule has 0 bridgehead atoms. The van der Waals surface area contributed by atoms with Gasteiger partial charge in [-0.1, -0.05) is 6.07 Å². The number of benzene rings is 1. The molecule has 22 heavy (non-hydrogen) atoms. The minimum absolute atomic E-state index is 0.0163. The molecule has 1 heterocycles. The number of thiophene rings is 1. The van der Waals surface area contributed by atoms with Crippen LogP contribution in [0.2, 0.25) is 0 Å². The van der Waals surface area contributed by atoms with Crippen LogP contribution in [0.25, 0.3) is 0 Å². The van der Waals surface area contributed by atoms with E-state index in [-0.39, 0.29) is 24.5 Å². The maximum atomic E-state index is 12.1. The van der Waals surface area contributed by atoms with Crippen molar-refractivity contribution in [1.82, 2.24) is 0 Å². The topological polar surface area (TPSA) is 55.4 Å². The molecule has 4 nitrogen and oxygen atoms in total. The summed E-state index contributed by atoms with van der Waals surface area (Å²) in [6.07, 6.45) is 0.386. The Morgan fingerprint density at radius 3 is 2.59 bits per heavy atom. The second-order valence-corrected chi connectivity index (χ2v) is 6.49. The number of carbonyl (C=O) groups is 2. The quantitative estimate of drug-likeness (QED) is 0.820. The molecule has 0 saturated heterocycles. The van der Waals surface area contributed by atoms with Crippen molar-refractivity contribution in [2.45, 2.75) is 26.7 Å². The zero-order valence-electron chi connectivity index (χ0n) is 12.9. The molecule has 0 saturated carbocycles. The molecule has 1 aromatic carbocycles. The van der Waals surface area contributed by atoms with Crippen molar-refractivity contribution in [2.24, 2.45) is 0 Å². The summed E-state index contributed by atoms with van der Waals surface area (Å²) in [5.41, 5.74) is 1.40. The number of Topliss-reactive ketones (excluding diaryl/α,β-unsaturated/α-hetero) is 1. The Bertz CT molecular complexity index is 691. The van der Waals surface area contributed by atoms with Gasteiger partial charge in [-0.25, -0.2) is 0 Å². The van der Waals surface area contributed by atoms with E-state index in [4.69, 9.17) is 4.74 Å². The molecular formula is C17H19NO3S. The van der Waals surface area contributed by atoms with Gasteiger partial charge in [0.2, 0.25) is 5.91 Å². The Morgan fingerprint density at radius 2 is 1.95 bits per heavy atom. The van der Waals surface area contributed by atoms with Gasteiger partial charge in [0.25, 0.3) is 0 Å². The number of amides is 1. The Morgan fingerprint density at radius 1 is 1.18 bits per heavy atom. The van der Waals surface area contributed by atoms with E-state index in [1.165, 1.54) is 0 Å². The number of carbonyl (C=O) groups excluding carboxylic acids is 2. The van der Waals surface area contributed by atoms with Gasteiger partial charge >= 0.3 is 0 Å².